The molecule has 0 saturated heterocycles. The number of halogens is 2. The van der Waals surface area contributed by atoms with E-state index in [4.69, 9.17) is 32.7 Å². The Balaban J connectivity index is 1.79. The number of rotatable bonds is 9. The van der Waals surface area contributed by atoms with Crippen molar-refractivity contribution in [2.24, 2.45) is 0 Å². The summed E-state index contributed by atoms with van der Waals surface area (Å²) in [5.74, 6) is 0.243. The largest absolute Gasteiger partial charge is 0.491 e. The van der Waals surface area contributed by atoms with Gasteiger partial charge in [0.25, 0.3) is 0 Å². The van der Waals surface area contributed by atoms with Crippen molar-refractivity contribution in [3.05, 3.63) is 58.6 Å². The second kappa shape index (κ2) is 9.54. The van der Waals surface area contributed by atoms with Crippen LogP contribution >= 0.6 is 23.2 Å². The molecule has 2 atom stereocenters. The molecule has 0 spiro atoms. The highest BCUT2D eigenvalue weighted by Crippen LogP contribution is 2.20. The third-order valence-corrected chi connectivity index (χ3v) is 4.10. The van der Waals surface area contributed by atoms with Gasteiger partial charge in [-0.05, 0) is 74.7 Å². The molecular weight excluding hydrogens is 363 g/mol. The van der Waals surface area contributed by atoms with Crippen LogP contribution in [0.3, 0.4) is 0 Å². The van der Waals surface area contributed by atoms with E-state index >= 15 is 0 Å². The Morgan fingerprint density at radius 3 is 1.88 bits per heavy atom. The van der Waals surface area contributed by atoms with E-state index in [0.717, 1.165) is 12.2 Å². The minimum Gasteiger partial charge on any atom is -0.491 e. The molecule has 0 bridgehead atoms. The Bertz CT molecular complexity index is 671. The summed E-state index contributed by atoms with van der Waals surface area (Å²) >= 11 is 11.7. The van der Waals surface area contributed by atoms with Crippen molar-refractivity contribution in [1.82, 2.24) is 0 Å². The first-order valence-electron chi connectivity index (χ1n) is 8.01. The van der Waals surface area contributed by atoms with E-state index in [1.165, 1.54) is 0 Å². The molecule has 2 rings (SSSR count). The molecule has 1 N–H and O–H groups in total. The molecule has 0 aliphatic rings. The average Bonchev–Trinajstić information content (AvgIpc) is 2.57. The molecule has 0 fully saturated rings. The fourth-order valence-corrected chi connectivity index (χ4v) is 2.56. The summed E-state index contributed by atoms with van der Waals surface area (Å²) in [6, 6.07) is 13.8. The van der Waals surface area contributed by atoms with E-state index in [2.05, 4.69) is 0 Å². The zero-order valence-corrected chi connectivity index (χ0v) is 15.3. The normalized spacial score (nSPS) is 13.1. The van der Waals surface area contributed by atoms with E-state index in [0.29, 0.717) is 28.6 Å². The van der Waals surface area contributed by atoms with Crippen LogP contribution in [-0.2, 0) is 4.79 Å². The minimum atomic E-state index is -0.985. The van der Waals surface area contributed by atoms with Crippen LogP contribution < -0.4 is 9.47 Å². The van der Waals surface area contributed by atoms with Crippen molar-refractivity contribution in [1.29, 1.82) is 0 Å². The molecule has 0 radical (unpaired) electrons. The molecular formula is C19H20Cl2O4. The summed E-state index contributed by atoms with van der Waals surface area (Å²) in [6.07, 6.45) is 0.845. The number of carboxylic acid groups (broad SMARTS) is 1. The first-order chi connectivity index (χ1) is 11.9. The van der Waals surface area contributed by atoms with Crippen molar-refractivity contribution in [3.8, 4) is 11.5 Å². The number of aliphatic carboxylic acids is 1. The second-order valence-electron chi connectivity index (χ2n) is 5.71. The zero-order valence-electron chi connectivity index (χ0n) is 13.8. The predicted molar refractivity (Wildman–Crippen MR) is 98.9 cm³/mol. The molecule has 0 aliphatic carbocycles. The molecule has 2 aromatic rings. The van der Waals surface area contributed by atoms with E-state index in [1.807, 2.05) is 19.1 Å². The monoisotopic (exact) mass is 382 g/mol. The summed E-state index contributed by atoms with van der Waals surface area (Å²) < 4.78 is 11.3. The molecule has 0 amide bonds. The Labute approximate surface area is 157 Å². The molecule has 0 aromatic heterocycles. The Morgan fingerprint density at radius 1 is 0.920 bits per heavy atom. The van der Waals surface area contributed by atoms with Crippen LogP contribution in [0.25, 0.3) is 0 Å². The van der Waals surface area contributed by atoms with Gasteiger partial charge in [-0.25, -0.2) is 4.79 Å². The maximum absolute atomic E-state index is 11.4. The van der Waals surface area contributed by atoms with Gasteiger partial charge in [-0.3, -0.25) is 0 Å². The van der Waals surface area contributed by atoms with Crippen LogP contribution in [0.1, 0.15) is 26.2 Å². The van der Waals surface area contributed by atoms with Gasteiger partial charge in [-0.1, -0.05) is 23.2 Å². The van der Waals surface area contributed by atoms with Crippen molar-refractivity contribution < 1.29 is 19.4 Å². The summed E-state index contributed by atoms with van der Waals surface area (Å²) in [5.41, 5.74) is 0. The lowest BCUT2D eigenvalue weighted by atomic mass is 10.1. The topological polar surface area (TPSA) is 55.8 Å². The smallest absolute Gasteiger partial charge is 0.344 e. The van der Waals surface area contributed by atoms with Gasteiger partial charge in [0, 0.05) is 10.0 Å². The van der Waals surface area contributed by atoms with Gasteiger partial charge >= 0.3 is 5.97 Å². The number of hydrogen-bond acceptors (Lipinski definition) is 3. The summed E-state index contributed by atoms with van der Waals surface area (Å²) in [5, 5.41) is 10.6. The van der Waals surface area contributed by atoms with Crippen LogP contribution in [0.15, 0.2) is 48.5 Å². The van der Waals surface area contributed by atoms with Crippen molar-refractivity contribution >= 4 is 29.2 Å². The highest BCUT2D eigenvalue weighted by molar-refractivity contribution is 6.30. The molecule has 25 heavy (non-hydrogen) atoms. The standard InChI is InChI=1S/C19H20Cl2O4/c1-13(24-16-9-5-14(20)6-10-16)3-2-4-18(19(22)23)25-17-11-7-15(21)8-12-17/h5-13,18H,2-4H2,1H3,(H,22,23). The van der Waals surface area contributed by atoms with Gasteiger partial charge < -0.3 is 14.6 Å². The van der Waals surface area contributed by atoms with Gasteiger partial charge in [-0.2, -0.15) is 0 Å². The van der Waals surface area contributed by atoms with Gasteiger partial charge in [0.15, 0.2) is 6.10 Å². The predicted octanol–water partition coefficient (Wildman–Crippen LogP) is 5.46. The lowest BCUT2D eigenvalue weighted by Crippen LogP contribution is -2.27. The number of ether oxygens (including phenoxy) is 2. The number of hydrogen-bond donors (Lipinski definition) is 1. The van der Waals surface area contributed by atoms with E-state index < -0.39 is 12.1 Å². The van der Waals surface area contributed by atoms with Crippen molar-refractivity contribution in [3.63, 3.8) is 0 Å². The van der Waals surface area contributed by atoms with Crippen LogP contribution in [0.5, 0.6) is 11.5 Å². The minimum absolute atomic E-state index is 0.0360. The molecule has 4 nitrogen and oxygen atoms in total. The molecule has 2 aromatic carbocycles. The molecule has 0 heterocycles. The van der Waals surface area contributed by atoms with Crippen molar-refractivity contribution in [2.45, 2.75) is 38.4 Å². The fourth-order valence-electron chi connectivity index (χ4n) is 2.31. The number of carbonyl (C=O) groups is 1. The lowest BCUT2D eigenvalue weighted by Gasteiger charge is -2.18. The van der Waals surface area contributed by atoms with Crippen LogP contribution in [-0.4, -0.2) is 23.3 Å². The molecule has 0 saturated carbocycles. The molecule has 2 unspecified atom stereocenters. The third kappa shape index (κ3) is 6.85. The first kappa shape index (κ1) is 19.4. The maximum Gasteiger partial charge on any atom is 0.344 e. The summed E-state index contributed by atoms with van der Waals surface area (Å²) in [6.45, 7) is 1.95. The summed E-state index contributed by atoms with van der Waals surface area (Å²) in [4.78, 5) is 11.4. The van der Waals surface area contributed by atoms with Crippen LogP contribution in [0.4, 0.5) is 0 Å². The second-order valence-corrected chi connectivity index (χ2v) is 6.58. The van der Waals surface area contributed by atoms with Gasteiger partial charge in [-0.15, -0.1) is 0 Å². The van der Waals surface area contributed by atoms with Gasteiger partial charge in [0.1, 0.15) is 11.5 Å². The Morgan fingerprint density at radius 2 is 1.40 bits per heavy atom. The Kier molecular flexibility index (Phi) is 7.41. The molecule has 0 aliphatic heterocycles. The highest BCUT2D eigenvalue weighted by Gasteiger charge is 2.19. The van der Waals surface area contributed by atoms with Crippen molar-refractivity contribution in [2.75, 3.05) is 0 Å². The van der Waals surface area contributed by atoms with Gasteiger partial charge in [0.05, 0.1) is 6.10 Å². The lowest BCUT2D eigenvalue weighted by molar-refractivity contribution is -0.145. The summed E-state index contributed by atoms with van der Waals surface area (Å²) in [7, 11) is 0. The maximum atomic E-state index is 11.4. The fraction of sp³-hybridized carbons (Fsp3) is 0.316. The zero-order chi connectivity index (χ0) is 18.2. The highest BCUT2D eigenvalue weighted by atomic mass is 35.5. The van der Waals surface area contributed by atoms with Crippen LogP contribution in [0.2, 0.25) is 10.0 Å². The van der Waals surface area contributed by atoms with Crippen LogP contribution in [0, 0.1) is 0 Å². The van der Waals surface area contributed by atoms with E-state index in [1.54, 1.807) is 36.4 Å². The molecule has 134 valence electrons. The first-order valence-corrected chi connectivity index (χ1v) is 8.77. The SMILES string of the molecule is CC(CCCC(Oc1ccc(Cl)cc1)C(=O)O)Oc1ccc(Cl)cc1. The quantitative estimate of drug-likeness (QED) is 0.625. The Hall–Kier alpha value is -1.91. The number of carboxylic acids is 1. The van der Waals surface area contributed by atoms with E-state index in [-0.39, 0.29) is 6.10 Å². The van der Waals surface area contributed by atoms with Gasteiger partial charge in [0.2, 0.25) is 0 Å². The third-order valence-electron chi connectivity index (χ3n) is 3.60. The number of benzene rings is 2. The molecule has 6 heteroatoms. The van der Waals surface area contributed by atoms with E-state index in [9.17, 15) is 9.90 Å². The average molecular weight is 383 g/mol.